The van der Waals surface area contributed by atoms with Crippen molar-refractivity contribution in [2.45, 2.75) is 38.8 Å². The summed E-state index contributed by atoms with van der Waals surface area (Å²) in [5.74, 6) is -0.470. The van der Waals surface area contributed by atoms with E-state index in [2.05, 4.69) is 4.98 Å². The van der Waals surface area contributed by atoms with Crippen LogP contribution < -0.4 is 5.56 Å². The highest BCUT2D eigenvalue weighted by molar-refractivity contribution is 7.20. The van der Waals surface area contributed by atoms with Crippen LogP contribution in [0.3, 0.4) is 0 Å². The number of halogens is 1. The second-order valence-electron chi connectivity index (χ2n) is 7.04. The van der Waals surface area contributed by atoms with E-state index in [1.54, 1.807) is 37.1 Å². The zero-order valence-electron chi connectivity index (χ0n) is 15.4. The van der Waals surface area contributed by atoms with Gasteiger partial charge in [-0.1, -0.05) is 18.2 Å². The Bertz CT molecular complexity index is 1100. The molecule has 140 valence electrons. The highest BCUT2D eigenvalue weighted by atomic mass is 32.1. The predicted octanol–water partition coefficient (Wildman–Crippen LogP) is 3.81. The summed E-state index contributed by atoms with van der Waals surface area (Å²) in [5, 5.41) is 0.489. The van der Waals surface area contributed by atoms with Gasteiger partial charge in [-0.3, -0.25) is 9.59 Å². The second kappa shape index (κ2) is 6.56. The minimum absolute atomic E-state index is 0.104. The Balaban J connectivity index is 1.79. The summed E-state index contributed by atoms with van der Waals surface area (Å²) in [6.45, 7) is 3.64. The molecule has 1 fully saturated rings. The van der Waals surface area contributed by atoms with Gasteiger partial charge in [0.1, 0.15) is 10.6 Å². The molecular weight excluding hydrogens is 365 g/mol. The first-order valence-corrected chi connectivity index (χ1v) is 9.73. The van der Waals surface area contributed by atoms with E-state index in [0.717, 1.165) is 12.8 Å². The molecule has 0 aliphatic heterocycles. The molecule has 1 aliphatic rings. The number of aryl methyl sites for hydroxylation is 2. The average molecular weight is 385 g/mol. The summed E-state index contributed by atoms with van der Waals surface area (Å²) < 4.78 is 15.7. The second-order valence-corrected chi connectivity index (χ2v) is 8.04. The van der Waals surface area contributed by atoms with Gasteiger partial charge in [0.15, 0.2) is 0 Å². The molecule has 1 atom stereocenters. The van der Waals surface area contributed by atoms with Crippen molar-refractivity contribution in [1.29, 1.82) is 0 Å². The third-order valence-corrected chi connectivity index (χ3v) is 6.34. The summed E-state index contributed by atoms with van der Waals surface area (Å²) in [6, 6.07) is 6.28. The summed E-state index contributed by atoms with van der Waals surface area (Å²) in [6.07, 6.45) is 3.29. The van der Waals surface area contributed by atoms with E-state index in [-0.39, 0.29) is 29.4 Å². The molecule has 27 heavy (non-hydrogen) atoms. The van der Waals surface area contributed by atoms with E-state index in [0.29, 0.717) is 26.2 Å². The molecule has 5 nitrogen and oxygen atoms in total. The third kappa shape index (κ3) is 2.96. The lowest BCUT2D eigenvalue weighted by Crippen LogP contribution is -2.35. The number of benzene rings is 1. The smallest absolute Gasteiger partial charge is 0.265 e. The number of hydrogen-bond donors (Lipinski definition) is 0. The van der Waals surface area contributed by atoms with Crippen LogP contribution in [0.2, 0.25) is 0 Å². The molecule has 2 heterocycles. The molecule has 1 amide bonds. The first kappa shape index (κ1) is 17.9. The van der Waals surface area contributed by atoms with Gasteiger partial charge in [-0.05, 0) is 38.3 Å². The molecular formula is C20H20FN3O2S. The molecule has 1 unspecified atom stereocenters. The zero-order chi connectivity index (χ0) is 19.3. The van der Waals surface area contributed by atoms with Crippen LogP contribution in [0.5, 0.6) is 0 Å². The Morgan fingerprint density at radius 3 is 2.74 bits per heavy atom. The molecule has 2 aromatic heterocycles. The largest absolute Gasteiger partial charge is 0.328 e. The Morgan fingerprint density at radius 2 is 2.07 bits per heavy atom. The normalized spacial score (nSPS) is 15.1. The van der Waals surface area contributed by atoms with Crippen molar-refractivity contribution >= 4 is 27.5 Å². The molecule has 7 heteroatoms. The molecule has 3 aromatic rings. The monoisotopic (exact) mass is 385 g/mol. The predicted molar refractivity (Wildman–Crippen MR) is 104 cm³/mol. The highest BCUT2D eigenvalue weighted by Crippen LogP contribution is 2.38. The molecule has 1 aromatic carbocycles. The van der Waals surface area contributed by atoms with Gasteiger partial charge < -0.3 is 9.47 Å². The summed E-state index contributed by atoms with van der Waals surface area (Å²) in [4.78, 5) is 33.0. The minimum atomic E-state index is -0.383. The maximum Gasteiger partial charge on any atom is 0.265 e. The fraction of sp³-hybridized carbons (Fsp3) is 0.350. The fourth-order valence-corrected chi connectivity index (χ4v) is 4.59. The Kier molecular flexibility index (Phi) is 4.34. The van der Waals surface area contributed by atoms with Gasteiger partial charge in [0.25, 0.3) is 11.5 Å². The van der Waals surface area contributed by atoms with Crippen LogP contribution in [0.1, 0.15) is 46.6 Å². The van der Waals surface area contributed by atoms with Crippen LogP contribution in [0, 0.1) is 12.7 Å². The van der Waals surface area contributed by atoms with Crippen molar-refractivity contribution in [3.63, 3.8) is 0 Å². The lowest BCUT2D eigenvalue weighted by molar-refractivity contribution is 0.0675. The standard InChI is InChI=1S/C20H20FN3O2S/c1-11-16-18(22-10-23(3)19(16)25)27-17(11)20(26)24(13-8-9-13)12(2)14-6-4-5-7-15(14)21/h4-7,10,12-13H,8-9H2,1-3H3. The first-order valence-electron chi connectivity index (χ1n) is 8.92. The number of hydrogen-bond acceptors (Lipinski definition) is 4. The van der Waals surface area contributed by atoms with E-state index in [9.17, 15) is 14.0 Å². The van der Waals surface area contributed by atoms with E-state index >= 15 is 0 Å². The fourth-order valence-electron chi connectivity index (χ4n) is 3.50. The maximum atomic E-state index is 14.3. The van der Waals surface area contributed by atoms with Crippen molar-refractivity contribution in [3.8, 4) is 0 Å². The number of carbonyl (C=O) groups excluding carboxylic acids is 1. The van der Waals surface area contributed by atoms with Gasteiger partial charge in [-0.2, -0.15) is 0 Å². The number of carbonyl (C=O) groups is 1. The SMILES string of the molecule is Cc1c(C(=O)N(C2CC2)C(C)c2ccccc2F)sc2ncn(C)c(=O)c12. The summed E-state index contributed by atoms with van der Waals surface area (Å²) in [5.41, 5.74) is 0.999. The molecule has 0 radical (unpaired) electrons. The van der Waals surface area contributed by atoms with Gasteiger partial charge in [0.05, 0.1) is 22.6 Å². The number of thiophene rings is 1. The van der Waals surface area contributed by atoms with Crippen LogP contribution in [0.25, 0.3) is 10.2 Å². The van der Waals surface area contributed by atoms with Crippen LogP contribution in [-0.2, 0) is 7.05 Å². The van der Waals surface area contributed by atoms with Crippen LogP contribution in [0.15, 0.2) is 35.4 Å². The Morgan fingerprint density at radius 1 is 1.37 bits per heavy atom. The molecule has 0 N–H and O–H groups in total. The van der Waals surface area contributed by atoms with Crippen molar-refractivity contribution in [3.05, 3.63) is 62.8 Å². The van der Waals surface area contributed by atoms with Crippen molar-refractivity contribution < 1.29 is 9.18 Å². The van der Waals surface area contributed by atoms with Gasteiger partial charge >= 0.3 is 0 Å². The third-order valence-electron chi connectivity index (χ3n) is 5.15. The average Bonchev–Trinajstić information content (AvgIpc) is 3.41. The van der Waals surface area contributed by atoms with Gasteiger partial charge in [0, 0.05) is 18.7 Å². The van der Waals surface area contributed by atoms with Crippen LogP contribution in [0.4, 0.5) is 4.39 Å². The van der Waals surface area contributed by atoms with E-state index < -0.39 is 0 Å². The number of rotatable bonds is 4. The summed E-state index contributed by atoms with van der Waals surface area (Å²) >= 11 is 1.24. The number of aromatic nitrogens is 2. The van der Waals surface area contributed by atoms with Crippen molar-refractivity contribution in [2.24, 2.45) is 7.05 Å². The number of nitrogens with zero attached hydrogens (tertiary/aromatic N) is 3. The Hall–Kier alpha value is -2.54. The molecule has 1 saturated carbocycles. The van der Waals surface area contributed by atoms with Crippen molar-refractivity contribution in [1.82, 2.24) is 14.5 Å². The highest BCUT2D eigenvalue weighted by Gasteiger charge is 2.38. The summed E-state index contributed by atoms with van der Waals surface area (Å²) in [7, 11) is 1.64. The van der Waals surface area contributed by atoms with Gasteiger partial charge in [0.2, 0.25) is 0 Å². The van der Waals surface area contributed by atoms with Crippen molar-refractivity contribution in [2.75, 3.05) is 0 Å². The Labute approximate surface area is 160 Å². The molecule has 4 rings (SSSR count). The van der Waals surface area contributed by atoms with E-state index in [1.165, 1.54) is 28.3 Å². The van der Waals surface area contributed by atoms with E-state index in [4.69, 9.17) is 0 Å². The van der Waals surface area contributed by atoms with E-state index in [1.807, 2.05) is 6.92 Å². The lowest BCUT2D eigenvalue weighted by atomic mass is 10.1. The minimum Gasteiger partial charge on any atom is -0.328 e. The molecule has 0 spiro atoms. The lowest BCUT2D eigenvalue weighted by Gasteiger charge is -2.30. The molecule has 1 aliphatic carbocycles. The van der Waals surface area contributed by atoms with Crippen LogP contribution >= 0.6 is 11.3 Å². The van der Waals surface area contributed by atoms with Crippen LogP contribution in [-0.4, -0.2) is 26.4 Å². The van der Waals surface area contributed by atoms with Gasteiger partial charge in [-0.15, -0.1) is 11.3 Å². The number of fused-ring (bicyclic) bond motifs is 1. The zero-order valence-corrected chi connectivity index (χ0v) is 16.2. The quantitative estimate of drug-likeness (QED) is 0.686. The molecule has 0 saturated heterocycles. The topological polar surface area (TPSA) is 55.2 Å². The maximum absolute atomic E-state index is 14.3. The first-order chi connectivity index (χ1) is 12.9. The van der Waals surface area contributed by atoms with Gasteiger partial charge in [-0.25, -0.2) is 9.37 Å². The molecule has 0 bridgehead atoms. The number of amides is 1.